The zero-order valence-electron chi connectivity index (χ0n) is 17.9. The number of aromatic hydroxyl groups is 1. The number of methoxy groups -OCH3 is 1. The normalized spacial score (nSPS) is 18.8. The quantitative estimate of drug-likeness (QED) is 0.478. The van der Waals surface area contributed by atoms with Gasteiger partial charge < -0.3 is 14.3 Å². The molecule has 2 aromatic heterocycles. The van der Waals surface area contributed by atoms with Crippen LogP contribution in [0.3, 0.4) is 0 Å². The molecule has 0 bridgehead atoms. The Kier molecular flexibility index (Phi) is 5.19. The van der Waals surface area contributed by atoms with Crippen molar-refractivity contribution in [1.29, 1.82) is 0 Å². The molecule has 1 atom stereocenters. The number of ether oxygens (including phenoxy) is 1. The molecule has 1 N–H and O–H groups in total. The molecule has 0 amide bonds. The highest BCUT2D eigenvalue weighted by molar-refractivity contribution is 7.99. The van der Waals surface area contributed by atoms with Crippen molar-refractivity contribution in [3.63, 3.8) is 0 Å². The molecule has 33 heavy (non-hydrogen) atoms. The van der Waals surface area contributed by atoms with E-state index in [4.69, 9.17) is 32.4 Å². The predicted molar refractivity (Wildman–Crippen MR) is 130 cm³/mol. The van der Waals surface area contributed by atoms with Crippen LogP contribution in [0.1, 0.15) is 26.0 Å². The summed E-state index contributed by atoms with van der Waals surface area (Å²) in [5.41, 5.74) is 0.220. The van der Waals surface area contributed by atoms with Crippen molar-refractivity contribution in [2.75, 3.05) is 7.11 Å². The Bertz CT molecular complexity index is 1500. The van der Waals surface area contributed by atoms with E-state index in [1.165, 1.54) is 4.57 Å². The Balaban J connectivity index is 1.75. The van der Waals surface area contributed by atoms with Crippen molar-refractivity contribution in [2.45, 2.75) is 40.9 Å². The van der Waals surface area contributed by atoms with Gasteiger partial charge in [0.2, 0.25) is 0 Å². The van der Waals surface area contributed by atoms with Gasteiger partial charge in [-0.2, -0.15) is 0 Å². The maximum absolute atomic E-state index is 13.7. The van der Waals surface area contributed by atoms with Crippen molar-refractivity contribution >= 4 is 51.6 Å². The van der Waals surface area contributed by atoms with Gasteiger partial charge in [-0.25, -0.2) is 4.79 Å². The number of fused-ring (bicyclic) bond motifs is 4. The van der Waals surface area contributed by atoms with E-state index in [9.17, 15) is 14.7 Å². The van der Waals surface area contributed by atoms with E-state index in [2.05, 4.69) is 0 Å². The van der Waals surface area contributed by atoms with Gasteiger partial charge in [0.25, 0.3) is 5.56 Å². The average Bonchev–Trinajstić information content (AvgIpc) is 2.98. The summed E-state index contributed by atoms with van der Waals surface area (Å²) < 4.78 is 12.2. The van der Waals surface area contributed by atoms with Gasteiger partial charge in [-0.3, -0.25) is 9.36 Å². The minimum absolute atomic E-state index is 0.0271. The summed E-state index contributed by atoms with van der Waals surface area (Å²) in [6.07, 6.45) is 2.27. The van der Waals surface area contributed by atoms with Gasteiger partial charge in [-0.05, 0) is 30.3 Å². The number of hydrogen-bond acceptors (Lipinski definition) is 6. The number of nitrogens with zero attached hydrogens (tertiary/aromatic N) is 1. The number of allylic oxidation sites excluding steroid dienone is 4. The second-order valence-corrected chi connectivity index (χ2v) is 10.5. The number of halogens is 2. The molecule has 0 saturated carbocycles. The zero-order chi connectivity index (χ0) is 23.7. The van der Waals surface area contributed by atoms with Gasteiger partial charge in [0.05, 0.1) is 18.2 Å². The molecule has 6 nitrogen and oxygen atoms in total. The first-order valence-corrected chi connectivity index (χ1v) is 11.8. The predicted octanol–water partition coefficient (Wildman–Crippen LogP) is 5.46. The van der Waals surface area contributed by atoms with Crippen LogP contribution in [-0.2, 0) is 5.41 Å². The second-order valence-electron chi connectivity index (χ2n) is 8.43. The largest absolute Gasteiger partial charge is 0.505 e. The van der Waals surface area contributed by atoms with Crippen molar-refractivity contribution in [2.24, 2.45) is 0 Å². The summed E-state index contributed by atoms with van der Waals surface area (Å²) in [6.45, 7) is 3.90. The summed E-state index contributed by atoms with van der Waals surface area (Å²) in [4.78, 5) is 27.0. The van der Waals surface area contributed by atoms with E-state index in [0.717, 1.165) is 17.3 Å². The summed E-state index contributed by atoms with van der Waals surface area (Å²) in [7, 11) is 1.56. The van der Waals surface area contributed by atoms with E-state index in [-0.39, 0.29) is 21.2 Å². The van der Waals surface area contributed by atoms with E-state index >= 15 is 0 Å². The summed E-state index contributed by atoms with van der Waals surface area (Å²) in [5, 5.41) is 11.2. The molecule has 170 valence electrons. The first-order chi connectivity index (χ1) is 15.6. The zero-order valence-corrected chi connectivity index (χ0v) is 20.3. The van der Waals surface area contributed by atoms with E-state index in [1.807, 2.05) is 13.8 Å². The minimum atomic E-state index is -0.726. The molecule has 1 aliphatic carbocycles. The fraction of sp³-hybridized carbons (Fsp3) is 0.250. The molecule has 0 radical (unpaired) electrons. The van der Waals surface area contributed by atoms with Gasteiger partial charge in [-0.1, -0.05) is 37.2 Å². The van der Waals surface area contributed by atoms with Crippen molar-refractivity contribution in [1.82, 2.24) is 4.57 Å². The molecule has 5 rings (SSSR count). The van der Waals surface area contributed by atoms with E-state index in [0.29, 0.717) is 33.5 Å². The smallest absolute Gasteiger partial charge is 0.354 e. The number of benzene rings is 1. The van der Waals surface area contributed by atoms with Crippen LogP contribution >= 0.6 is 35.0 Å². The van der Waals surface area contributed by atoms with Crippen LogP contribution in [0.25, 0.3) is 16.7 Å². The lowest BCUT2D eigenvalue weighted by Gasteiger charge is -2.24. The highest BCUT2D eigenvalue weighted by atomic mass is 35.5. The first kappa shape index (κ1) is 22.2. The van der Waals surface area contributed by atoms with Gasteiger partial charge in [-0.15, -0.1) is 11.6 Å². The molecule has 0 saturated heterocycles. The number of pyridine rings is 1. The second kappa shape index (κ2) is 7.72. The Morgan fingerprint density at radius 1 is 1.24 bits per heavy atom. The molecule has 1 aromatic carbocycles. The lowest BCUT2D eigenvalue weighted by Crippen LogP contribution is -2.23. The average molecular weight is 504 g/mol. The molecule has 3 aromatic rings. The van der Waals surface area contributed by atoms with Crippen molar-refractivity contribution in [3.05, 3.63) is 73.5 Å². The van der Waals surface area contributed by atoms with Crippen LogP contribution in [0.4, 0.5) is 0 Å². The summed E-state index contributed by atoms with van der Waals surface area (Å²) in [6, 6.07) is 8.59. The van der Waals surface area contributed by atoms with Gasteiger partial charge >= 0.3 is 5.63 Å². The Labute approximate surface area is 203 Å². The molecule has 1 unspecified atom stereocenters. The van der Waals surface area contributed by atoms with E-state index < -0.39 is 22.3 Å². The third kappa shape index (κ3) is 3.33. The maximum Gasteiger partial charge on any atom is 0.354 e. The number of alkyl halides is 1. The highest BCUT2D eigenvalue weighted by Crippen LogP contribution is 2.51. The molecule has 0 fully saturated rings. The Morgan fingerprint density at radius 2 is 1.94 bits per heavy atom. The molecule has 9 heteroatoms. The van der Waals surface area contributed by atoms with Crippen LogP contribution < -0.4 is 15.9 Å². The Hall–Kier alpha value is -2.61. The fourth-order valence-corrected chi connectivity index (χ4v) is 6.18. The molecular weight excluding hydrogens is 485 g/mol. The van der Waals surface area contributed by atoms with Crippen LogP contribution in [0.2, 0.25) is 0 Å². The van der Waals surface area contributed by atoms with Gasteiger partial charge in [0.15, 0.2) is 5.75 Å². The summed E-state index contributed by atoms with van der Waals surface area (Å²) >= 11 is 13.9. The third-order valence-electron chi connectivity index (χ3n) is 6.04. The standard InChI is InChI=1S/C24H19Cl2NO5S/c1-24(2)17-10-16-18(22(29)27(17)15-9-11(25)8-14(26)19(15)24)20(28)21(23(30)32-16)33-13-6-4-12(31-3)5-7-13/h4-7,9-11,28H,8H2,1-3H3. The number of rotatable bonds is 3. The fourth-order valence-electron chi connectivity index (χ4n) is 4.49. The van der Waals surface area contributed by atoms with Crippen LogP contribution in [0, 0.1) is 0 Å². The monoisotopic (exact) mass is 503 g/mol. The first-order valence-electron chi connectivity index (χ1n) is 10.2. The van der Waals surface area contributed by atoms with Crippen molar-refractivity contribution in [3.8, 4) is 11.5 Å². The lowest BCUT2D eigenvalue weighted by atomic mass is 9.80. The topological polar surface area (TPSA) is 81.7 Å². The van der Waals surface area contributed by atoms with Gasteiger partial charge in [0.1, 0.15) is 21.6 Å². The third-order valence-corrected chi connectivity index (χ3v) is 7.73. The Morgan fingerprint density at radius 3 is 2.61 bits per heavy atom. The molecular formula is C24H19Cl2NO5S. The molecule has 1 aliphatic heterocycles. The van der Waals surface area contributed by atoms with Crippen LogP contribution in [0.15, 0.2) is 70.8 Å². The minimum Gasteiger partial charge on any atom is -0.505 e. The van der Waals surface area contributed by atoms with Gasteiger partial charge in [0, 0.05) is 39.1 Å². The molecule has 3 heterocycles. The van der Waals surface area contributed by atoms with Crippen LogP contribution in [-0.4, -0.2) is 22.2 Å². The van der Waals surface area contributed by atoms with E-state index in [1.54, 1.807) is 43.5 Å². The van der Waals surface area contributed by atoms with Crippen LogP contribution in [0.5, 0.6) is 11.5 Å². The number of aromatic nitrogens is 1. The lowest BCUT2D eigenvalue weighted by molar-refractivity contribution is 0.414. The number of hydrogen-bond donors (Lipinski definition) is 1. The summed E-state index contributed by atoms with van der Waals surface area (Å²) in [5.74, 6) is 0.244. The maximum atomic E-state index is 13.7. The highest BCUT2D eigenvalue weighted by Gasteiger charge is 2.44. The van der Waals surface area contributed by atoms with Crippen molar-refractivity contribution < 1.29 is 14.3 Å². The molecule has 0 spiro atoms. The SMILES string of the molecule is COc1ccc(Sc2c(O)c3c(=O)n4c(cc3oc2=O)C(C)(C)C2=C(Cl)CC(Cl)C=C24)cc1. The molecule has 2 aliphatic rings.